The summed E-state index contributed by atoms with van der Waals surface area (Å²) < 4.78 is 42.9. The molecule has 0 atom stereocenters. The summed E-state index contributed by atoms with van der Waals surface area (Å²) in [6, 6.07) is 2.92. The average molecular weight is 355 g/mol. The minimum Gasteiger partial charge on any atom is -0.494 e. The van der Waals surface area contributed by atoms with Crippen LogP contribution in [0.25, 0.3) is 10.9 Å². The Hall–Kier alpha value is -2.04. The first-order valence-corrected chi connectivity index (χ1v) is 8.92. The van der Waals surface area contributed by atoms with Gasteiger partial charge in [-0.25, -0.2) is 24.2 Å². The highest BCUT2D eigenvalue weighted by Gasteiger charge is 2.29. The summed E-state index contributed by atoms with van der Waals surface area (Å²) in [7, 11) is -2.24. The topological polar surface area (TPSA) is 110 Å². The number of aromatic nitrogens is 2. The van der Waals surface area contributed by atoms with Gasteiger partial charge in [-0.05, 0) is 18.4 Å². The largest absolute Gasteiger partial charge is 0.494 e. The fourth-order valence-corrected chi connectivity index (χ4v) is 3.19. The van der Waals surface area contributed by atoms with Crippen molar-refractivity contribution in [2.45, 2.75) is 6.42 Å². The Morgan fingerprint density at radius 1 is 1.42 bits per heavy atom. The highest BCUT2D eigenvalue weighted by atomic mass is 32.2. The Morgan fingerprint density at radius 2 is 2.17 bits per heavy atom. The molecule has 1 aliphatic heterocycles. The quantitative estimate of drug-likeness (QED) is 0.776. The summed E-state index contributed by atoms with van der Waals surface area (Å²) in [6.45, 7) is 1.73. The molecule has 130 valence electrons. The highest BCUT2D eigenvalue weighted by molar-refractivity contribution is 7.87. The minimum absolute atomic E-state index is 0.141. The summed E-state index contributed by atoms with van der Waals surface area (Å²) in [4.78, 5) is 10.4. The van der Waals surface area contributed by atoms with Crippen molar-refractivity contribution in [3.8, 4) is 5.75 Å². The molecule has 0 aliphatic carbocycles. The maximum absolute atomic E-state index is 14.0. The van der Waals surface area contributed by atoms with Gasteiger partial charge in [0.1, 0.15) is 12.1 Å². The van der Waals surface area contributed by atoms with E-state index >= 15 is 0 Å². The third-order valence-electron chi connectivity index (χ3n) is 4.00. The van der Waals surface area contributed by atoms with E-state index in [1.807, 2.05) is 4.90 Å². The van der Waals surface area contributed by atoms with Crippen LogP contribution in [0.1, 0.15) is 6.42 Å². The van der Waals surface area contributed by atoms with E-state index < -0.39 is 16.0 Å². The zero-order valence-electron chi connectivity index (χ0n) is 13.1. The van der Waals surface area contributed by atoms with E-state index in [0.29, 0.717) is 48.7 Å². The van der Waals surface area contributed by atoms with Crippen LogP contribution in [0.2, 0.25) is 0 Å². The number of rotatable bonds is 6. The smallest absolute Gasteiger partial charge is 0.274 e. The SMILES string of the molecule is COc1cc2ncnc(N3CC(CCNS(N)(=O)=O)C3)c2cc1F. The van der Waals surface area contributed by atoms with E-state index in [2.05, 4.69) is 14.7 Å². The number of nitrogens with zero attached hydrogens (tertiary/aromatic N) is 3. The van der Waals surface area contributed by atoms with Crippen molar-refractivity contribution in [2.75, 3.05) is 31.6 Å². The molecule has 1 aliphatic rings. The second kappa shape index (κ2) is 6.46. The van der Waals surface area contributed by atoms with Gasteiger partial charge in [0.15, 0.2) is 11.6 Å². The van der Waals surface area contributed by atoms with Gasteiger partial charge in [0.25, 0.3) is 10.2 Å². The Labute approximate surface area is 139 Å². The molecule has 0 bridgehead atoms. The molecule has 0 saturated carbocycles. The molecule has 1 saturated heterocycles. The van der Waals surface area contributed by atoms with Gasteiger partial charge >= 0.3 is 0 Å². The minimum atomic E-state index is -3.65. The Morgan fingerprint density at radius 3 is 2.83 bits per heavy atom. The van der Waals surface area contributed by atoms with Gasteiger partial charge in [0.05, 0.1) is 12.6 Å². The van der Waals surface area contributed by atoms with Crippen molar-refractivity contribution in [1.82, 2.24) is 14.7 Å². The number of fused-ring (bicyclic) bond motifs is 1. The van der Waals surface area contributed by atoms with Gasteiger partial charge in [-0.1, -0.05) is 0 Å². The van der Waals surface area contributed by atoms with Crippen molar-refractivity contribution in [3.63, 3.8) is 0 Å². The van der Waals surface area contributed by atoms with E-state index in [4.69, 9.17) is 9.88 Å². The molecule has 2 aromatic rings. The van der Waals surface area contributed by atoms with E-state index in [1.165, 1.54) is 19.5 Å². The van der Waals surface area contributed by atoms with E-state index in [9.17, 15) is 12.8 Å². The predicted molar refractivity (Wildman–Crippen MR) is 87.5 cm³/mol. The third kappa shape index (κ3) is 3.55. The Kier molecular flexibility index (Phi) is 4.52. The summed E-state index contributed by atoms with van der Waals surface area (Å²) >= 11 is 0. The molecule has 3 rings (SSSR count). The van der Waals surface area contributed by atoms with Crippen LogP contribution in [0.5, 0.6) is 5.75 Å². The first-order chi connectivity index (χ1) is 11.4. The maximum atomic E-state index is 14.0. The zero-order chi connectivity index (χ0) is 17.3. The number of hydrogen-bond donors (Lipinski definition) is 2. The van der Waals surface area contributed by atoms with Gasteiger partial charge < -0.3 is 9.64 Å². The second-order valence-electron chi connectivity index (χ2n) is 5.70. The zero-order valence-corrected chi connectivity index (χ0v) is 13.9. The molecule has 0 amide bonds. The van der Waals surface area contributed by atoms with Gasteiger partial charge in [-0.15, -0.1) is 0 Å². The van der Waals surface area contributed by atoms with Gasteiger partial charge in [0, 0.05) is 31.1 Å². The van der Waals surface area contributed by atoms with E-state index in [1.54, 1.807) is 6.07 Å². The molecule has 1 aromatic heterocycles. The lowest BCUT2D eigenvalue weighted by Gasteiger charge is -2.40. The van der Waals surface area contributed by atoms with Crippen molar-refractivity contribution >= 4 is 26.9 Å². The number of benzene rings is 1. The van der Waals surface area contributed by atoms with Crippen molar-refractivity contribution in [2.24, 2.45) is 11.1 Å². The number of nitrogens with one attached hydrogen (secondary N) is 1. The normalized spacial score (nSPS) is 15.5. The van der Waals surface area contributed by atoms with E-state index in [0.717, 1.165) is 0 Å². The summed E-state index contributed by atoms with van der Waals surface area (Å²) in [5.74, 6) is 0.669. The number of anilines is 1. The standard InChI is InChI=1S/C14H18FN5O3S/c1-23-13-5-12-10(4-11(13)15)14(18-8-17-12)20-6-9(7-20)2-3-19-24(16,21)22/h4-5,8-9,19H,2-3,6-7H2,1H3,(H2,16,21,22). The molecule has 0 radical (unpaired) electrons. The number of ether oxygens (including phenoxy) is 1. The van der Waals surface area contributed by atoms with Crippen LogP contribution in [0.15, 0.2) is 18.5 Å². The van der Waals surface area contributed by atoms with Crippen LogP contribution in [-0.4, -0.2) is 45.1 Å². The van der Waals surface area contributed by atoms with Crippen LogP contribution in [0, 0.1) is 11.7 Å². The molecular formula is C14H18FN5O3S. The van der Waals surface area contributed by atoms with Crippen LogP contribution in [-0.2, 0) is 10.2 Å². The highest BCUT2D eigenvalue weighted by Crippen LogP contribution is 2.32. The molecule has 1 fully saturated rings. The van der Waals surface area contributed by atoms with Crippen molar-refractivity contribution in [3.05, 3.63) is 24.3 Å². The first kappa shape index (κ1) is 16.8. The lowest BCUT2D eigenvalue weighted by molar-refractivity contribution is 0.381. The van der Waals surface area contributed by atoms with Crippen LogP contribution < -0.4 is 19.5 Å². The average Bonchev–Trinajstić information content (AvgIpc) is 2.47. The molecule has 24 heavy (non-hydrogen) atoms. The molecule has 0 unspecified atom stereocenters. The molecule has 1 aromatic carbocycles. The fraction of sp³-hybridized carbons (Fsp3) is 0.429. The number of halogens is 1. The molecule has 3 N–H and O–H groups in total. The molecule has 2 heterocycles. The van der Waals surface area contributed by atoms with Gasteiger partial charge in [-0.3, -0.25) is 0 Å². The monoisotopic (exact) mass is 355 g/mol. The molecule has 8 nitrogen and oxygen atoms in total. The molecule has 0 spiro atoms. The number of hydrogen-bond acceptors (Lipinski definition) is 6. The summed E-state index contributed by atoms with van der Waals surface area (Å²) in [5.41, 5.74) is 0.609. The fourth-order valence-electron chi connectivity index (χ4n) is 2.78. The molecular weight excluding hydrogens is 337 g/mol. The first-order valence-electron chi connectivity index (χ1n) is 7.38. The lowest BCUT2D eigenvalue weighted by atomic mass is 9.96. The van der Waals surface area contributed by atoms with Crippen LogP contribution >= 0.6 is 0 Å². The van der Waals surface area contributed by atoms with Crippen molar-refractivity contribution in [1.29, 1.82) is 0 Å². The maximum Gasteiger partial charge on any atom is 0.274 e. The second-order valence-corrected chi connectivity index (χ2v) is 7.08. The van der Waals surface area contributed by atoms with Crippen LogP contribution in [0.3, 0.4) is 0 Å². The molecule has 10 heteroatoms. The van der Waals surface area contributed by atoms with Gasteiger partial charge in [0.2, 0.25) is 0 Å². The summed E-state index contributed by atoms with van der Waals surface area (Å²) in [6.07, 6.45) is 2.11. The van der Waals surface area contributed by atoms with Crippen LogP contribution in [0.4, 0.5) is 10.2 Å². The lowest BCUT2D eigenvalue weighted by Crippen LogP contribution is -2.48. The third-order valence-corrected chi connectivity index (χ3v) is 4.61. The van der Waals surface area contributed by atoms with Gasteiger partial charge in [-0.2, -0.15) is 8.42 Å². The Bertz CT molecular complexity index is 855. The van der Waals surface area contributed by atoms with Crippen molar-refractivity contribution < 1.29 is 17.5 Å². The predicted octanol–water partition coefficient (Wildman–Crippen LogP) is 0.397. The number of nitrogens with two attached hydrogens (primary N) is 1. The Balaban J connectivity index is 1.70. The number of methoxy groups -OCH3 is 1. The van der Waals surface area contributed by atoms with E-state index in [-0.39, 0.29) is 5.75 Å². The summed E-state index contributed by atoms with van der Waals surface area (Å²) in [5, 5.41) is 5.51.